The van der Waals surface area contributed by atoms with Gasteiger partial charge >= 0.3 is 12.0 Å². The largest absolute Gasteiger partial charge is 0.497 e. The minimum Gasteiger partial charge on any atom is -0.497 e. The molecule has 1 saturated heterocycles. The molecular weight excluding hydrogens is 384 g/mol. The van der Waals surface area contributed by atoms with E-state index in [0.29, 0.717) is 11.3 Å². The lowest BCUT2D eigenvalue weighted by molar-refractivity contribution is -0.149. The molecule has 30 heavy (non-hydrogen) atoms. The predicted octanol–water partition coefficient (Wildman–Crippen LogP) is 3.71. The minimum absolute atomic E-state index is 0.0627. The Labute approximate surface area is 176 Å². The molecule has 1 fully saturated rings. The monoisotopic (exact) mass is 410 g/mol. The standard InChI is InChI=1S/C23H26N2O5/c1-14(2)30-19-8-6-5-7-18(19)21-20(15(3)24-23(27)25-21)22(26)29-13-16-9-11-17(28-4)12-10-16/h5-12,14,20-21H,3,13H2,1-2,4H3,(H2,24,25,27). The fraction of sp³-hybridized carbons (Fsp3) is 0.304. The Kier molecular flexibility index (Phi) is 6.61. The highest BCUT2D eigenvalue weighted by Gasteiger charge is 2.40. The number of benzene rings is 2. The molecule has 0 bridgehead atoms. The van der Waals surface area contributed by atoms with Crippen LogP contribution in [0.1, 0.15) is 31.0 Å². The summed E-state index contributed by atoms with van der Waals surface area (Å²) >= 11 is 0. The maximum Gasteiger partial charge on any atom is 0.319 e. The van der Waals surface area contributed by atoms with Gasteiger partial charge in [-0.25, -0.2) is 4.79 Å². The van der Waals surface area contributed by atoms with Crippen LogP contribution in [0.2, 0.25) is 0 Å². The maximum atomic E-state index is 13.0. The first kappa shape index (κ1) is 21.2. The third-order valence-electron chi connectivity index (χ3n) is 4.68. The Morgan fingerprint density at radius 2 is 1.83 bits per heavy atom. The fourth-order valence-electron chi connectivity index (χ4n) is 3.29. The van der Waals surface area contributed by atoms with E-state index in [0.717, 1.165) is 11.3 Å². The summed E-state index contributed by atoms with van der Waals surface area (Å²) in [6.07, 6.45) is -0.0627. The van der Waals surface area contributed by atoms with E-state index < -0.39 is 24.0 Å². The number of para-hydroxylation sites is 1. The first-order valence-corrected chi connectivity index (χ1v) is 9.70. The Hall–Kier alpha value is -3.48. The van der Waals surface area contributed by atoms with Crippen LogP contribution in [0.25, 0.3) is 0 Å². The molecule has 2 atom stereocenters. The maximum absolute atomic E-state index is 13.0. The van der Waals surface area contributed by atoms with Crippen LogP contribution in [0.4, 0.5) is 4.79 Å². The van der Waals surface area contributed by atoms with E-state index in [2.05, 4.69) is 17.2 Å². The molecule has 7 nitrogen and oxygen atoms in total. The van der Waals surface area contributed by atoms with Crippen LogP contribution in [0.15, 0.2) is 60.8 Å². The molecule has 2 amide bonds. The number of amides is 2. The molecule has 0 aromatic heterocycles. The molecular formula is C23H26N2O5. The van der Waals surface area contributed by atoms with Gasteiger partial charge in [-0.1, -0.05) is 36.9 Å². The molecule has 3 rings (SSSR count). The SMILES string of the molecule is C=C1NC(=O)NC(c2ccccc2OC(C)C)C1C(=O)OCc1ccc(OC)cc1. The van der Waals surface area contributed by atoms with Crippen molar-refractivity contribution in [3.63, 3.8) is 0 Å². The molecule has 2 aromatic carbocycles. The Morgan fingerprint density at radius 3 is 2.50 bits per heavy atom. The van der Waals surface area contributed by atoms with Gasteiger partial charge in [0.1, 0.15) is 24.0 Å². The van der Waals surface area contributed by atoms with Gasteiger partial charge in [0, 0.05) is 11.3 Å². The van der Waals surface area contributed by atoms with Crippen molar-refractivity contribution < 1.29 is 23.8 Å². The first-order valence-electron chi connectivity index (χ1n) is 9.70. The summed E-state index contributed by atoms with van der Waals surface area (Å²) in [5, 5.41) is 5.39. The molecule has 2 N–H and O–H groups in total. The molecule has 0 radical (unpaired) electrons. The molecule has 7 heteroatoms. The first-order chi connectivity index (χ1) is 14.4. The lowest BCUT2D eigenvalue weighted by Crippen LogP contribution is -2.51. The van der Waals surface area contributed by atoms with Crippen LogP contribution >= 0.6 is 0 Å². The van der Waals surface area contributed by atoms with Gasteiger partial charge in [0.2, 0.25) is 0 Å². The number of esters is 1. The Morgan fingerprint density at radius 1 is 1.13 bits per heavy atom. The zero-order valence-electron chi connectivity index (χ0n) is 17.3. The molecule has 0 aliphatic carbocycles. The summed E-state index contributed by atoms with van der Waals surface area (Å²) < 4.78 is 16.6. The number of methoxy groups -OCH3 is 1. The number of carbonyl (C=O) groups is 2. The molecule has 2 unspecified atom stereocenters. The average Bonchev–Trinajstić information content (AvgIpc) is 2.72. The van der Waals surface area contributed by atoms with Gasteiger partial charge < -0.3 is 24.8 Å². The van der Waals surface area contributed by atoms with E-state index in [-0.39, 0.29) is 18.4 Å². The van der Waals surface area contributed by atoms with Crippen molar-refractivity contribution in [2.75, 3.05) is 7.11 Å². The smallest absolute Gasteiger partial charge is 0.319 e. The van der Waals surface area contributed by atoms with Crippen LogP contribution in [0.5, 0.6) is 11.5 Å². The van der Waals surface area contributed by atoms with Crippen molar-refractivity contribution in [2.45, 2.75) is 32.6 Å². The number of nitrogens with one attached hydrogen (secondary N) is 2. The van der Waals surface area contributed by atoms with Gasteiger partial charge in [0.05, 0.1) is 19.3 Å². The zero-order valence-corrected chi connectivity index (χ0v) is 17.3. The van der Waals surface area contributed by atoms with Crippen LogP contribution in [0.3, 0.4) is 0 Å². The van der Waals surface area contributed by atoms with Crippen LogP contribution in [0, 0.1) is 5.92 Å². The predicted molar refractivity (Wildman–Crippen MR) is 112 cm³/mol. The van der Waals surface area contributed by atoms with Crippen LogP contribution in [-0.2, 0) is 16.1 Å². The van der Waals surface area contributed by atoms with Crippen LogP contribution < -0.4 is 20.1 Å². The quantitative estimate of drug-likeness (QED) is 0.680. The van der Waals surface area contributed by atoms with Crippen molar-refractivity contribution >= 4 is 12.0 Å². The number of hydrogen-bond donors (Lipinski definition) is 2. The summed E-state index contributed by atoms with van der Waals surface area (Å²) in [6.45, 7) is 7.80. The van der Waals surface area contributed by atoms with E-state index in [1.54, 1.807) is 19.2 Å². The van der Waals surface area contributed by atoms with Gasteiger partial charge in [-0.15, -0.1) is 0 Å². The summed E-state index contributed by atoms with van der Waals surface area (Å²) in [7, 11) is 1.59. The summed E-state index contributed by atoms with van der Waals surface area (Å²) in [5.74, 6) is 0.0189. The zero-order chi connectivity index (χ0) is 21.7. The topological polar surface area (TPSA) is 85.9 Å². The van der Waals surface area contributed by atoms with Gasteiger partial charge in [-0.3, -0.25) is 4.79 Å². The number of hydrogen-bond acceptors (Lipinski definition) is 5. The van der Waals surface area contributed by atoms with Crippen molar-refractivity contribution in [3.8, 4) is 11.5 Å². The molecule has 1 aliphatic rings. The summed E-state index contributed by atoms with van der Waals surface area (Å²) in [4.78, 5) is 25.1. The number of urea groups is 1. The normalized spacial score (nSPS) is 18.4. The minimum atomic E-state index is -0.808. The van der Waals surface area contributed by atoms with E-state index in [1.165, 1.54) is 0 Å². The molecule has 2 aromatic rings. The van der Waals surface area contributed by atoms with Gasteiger partial charge in [0.25, 0.3) is 0 Å². The highest BCUT2D eigenvalue weighted by atomic mass is 16.5. The lowest BCUT2D eigenvalue weighted by atomic mass is 9.88. The van der Waals surface area contributed by atoms with Gasteiger partial charge in [-0.05, 0) is 37.6 Å². The number of rotatable bonds is 7. The van der Waals surface area contributed by atoms with Crippen LogP contribution in [-0.4, -0.2) is 25.2 Å². The summed E-state index contributed by atoms with van der Waals surface area (Å²) in [6, 6.07) is 13.5. The molecule has 0 saturated carbocycles. The van der Waals surface area contributed by atoms with Gasteiger partial charge in [-0.2, -0.15) is 0 Å². The highest BCUT2D eigenvalue weighted by molar-refractivity contribution is 5.85. The van der Waals surface area contributed by atoms with E-state index in [4.69, 9.17) is 14.2 Å². The fourth-order valence-corrected chi connectivity index (χ4v) is 3.29. The lowest BCUT2D eigenvalue weighted by Gasteiger charge is -2.34. The van der Waals surface area contributed by atoms with E-state index >= 15 is 0 Å². The number of carbonyl (C=O) groups excluding carboxylic acids is 2. The second kappa shape index (κ2) is 9.35. The second-order valence-corrected chi connectivity index (χ2v) is 7.24. The van der Waals surface area contributed by atoms with Crippen molar-refractivity contribution in [3.05, 3.63) is 71.9 Å². The molecule has 1 heterocycles. The third-order valence-corrected chi connectivity index (χ3v) is 4.68. The molecule has 1 aliphatic heterocycles. The van der Waals surface area contributed by atoms with Crippen molar-refractivity contribution in [1.29, 1.82) is 0 Å². The van der Waals surface area contributed by atoms with E-state index in [9.17, 15) is 9.59 Å². The highest BCUT2D eigenvalue weighted by Crippen LogP contribution is 2.36. The average molecular weight is 410 g/mol. The number of ether oxygens (including phenoxy) is 3. The Balaban J connectivity index is 1.82. The van der Waals surface area contributed by atoms with Gasteiger partial charge in [0.15, 0.2) is 0 Å². The third kappa shape index (κ3) is 4.92. The molecule has 0 spiro atoms. The van der Waals surface area contributed by atoms with Crippen molar-refractivity contribution in [1.82, 2.24) is 10.6 Å². The second-order valence-electron chi connectivity index (χ2n) is 7.24. The summed E-state index contributed by atoms with van der Waals surface area (Å²) in [5.41, 5.74) is 1.79. The van der Waals surface area contributed by atoms with E-state index in [1.807, 2.05) is 50.2 Å². The van der Waals surface area contributed by atoms with Crippen molar-refractivity contribution in [2.24, 2.45) is 5.92 Å². The Bertz CT molecular complexity index is 923. The molecule has 158 valence electrons.